The van der Waals surface area contributed by atoms with Crippen LogP contribution in [0.15, 0.2) is 0 Å². The Morgan fingerprint density at radius 2 is 0.732 bits per heavy atom. The summed E-state index contributed by atoms with van der Waals surface area (Å²) in [5, 5.41) is 0. The van der Waals surface area contributed by atoms with Gasteiger partial charge in [0.25, 0.3) is 0 Å². The Hall–Kier alpha value is -2.00. The van der Waals surface area contributed by atoms with Crippen LogP contribution in [0.1, 0.15) is 158 Å². The van der Waals surface area contributed by atoms with Gasteiger partial charge in [-0.2, -0.15) is 0 Å². The number of hydrogen-bond acceptors (Lipinski definition) is 9. The SMILES string of the molecule is CCCCCCCCCC(N)(C(=O)OC(=O)C(N)(CCCCCCCCC)C(=O)OC(C)(C)C)C(=O)OC(C)(C)C. The lowest BCUT2D eigenvalue weighted by molar-refractivity contribution is -0.180. The predicted octanol–water partition coefficient (Wildman–Crippen LogP) is 6.42. The van der Waals surface area contributed by atoms with Gasteiger partial charge in [0.05, 0.1) is 0 Å². The zero-order valence-electron chi connectivity index (χ0n) is 27.3. The molecule has 0 heterocycles. The molecular formula is C32H60N2O7. The quantitative estimate of drug-likeness (QED) is 0.0716. The molecule has 0 aliphatic heterocycles. The number of unbranched alkanes of at least 4 members (excludes halogenated alkanes) is 12. The second-order valence-electron chi connectivity index (χ2n) is 13.4. The Labute approximate surface area is 249 Å². The van der Waals surface area contributed by atoms with E-state index < -0.39 is 46.2 Å². The van der Waals surface area contributed by atoms with E-state index in [-0.39, 0.29) is 12.8 Å². The van der Waals surface area contributed by atoms with Crippen LogP contribution in [0.2, 0.25) is 0 Å². The van der Waals surface area contributed by atoms with E-state index in [4.69, 9.17) is 25.7 Å². The number of nitrogens with two attached hydrogens (primary N) is 2. The van der Waals surface area contributed by atoms with Crippen LogP contribution in [0.25, 0.3) is 0 Å². The van der Waals surface area contributed by atoms with Crippen molar-refractivity contribution in [2.45, 2.75) is 180 Å². The fourth-order valence-corrected chi connectivity index (χ4v) is 4.30. The Kier molecular flexibility index (Phi) is 17.6. The molecule has 0 saturated heterocycles. The molecule has 0 amide bonds. The van der Waals surface area contributed by atoms with Gasteiger partial charge in [0.2, 0.25) is 11.1 Å². The van der Waals surface area contributed by atoms with Crippen LogP contribution < -0.4 is 11.5 Å². The van der Waals surface area contributed by atoms with Crippen LogP contribution in [-0.2, 0) is 33.4 Å². The minimum atomic E-state index is -2.22. The van der Waals surface area contributed by atoms with Gasteiger partial charge < -0.3 is 25.7 Å². The highest BCUT2D eigenvalue weighted by Gasteiger charge is 2.52. The molecule has 0 spiro atoms. The fraction of sp³-hybridized carbons (Fsp3) is 0.875. The Bertz CT molecular complexity index is 750. The largest absolute Gasteiger partial charge is 0.458 e. The number of rotatable bonds is 20. The van der Waals surface area contributed by atoms with Gasteiger partial charge >= 0.3 is 23.9 Å². The van der Waals surface area contributed by atoms with Crippen molar-refractivity contribution in [1.29, 1.82) is 0 Å². The van der Waals surface area contributed by atoms with Gasteiger partial charge in [-0.05, 0) is 54.4 Å². The smallest absolute Gasteiger partial charge is 0.345 e. The molecule has 9 nitrogen and oxygen atoms in total. The van der Waals surface area contributed by atoms with Crippen molar-refractivity contribution in [2.24, 2.45) is 11.5 Å². The fourth-order valence-electron chi connectivity index (χ4n) is 4.30. The molecule has 0 aromatic heterocycles. The van der Waals surface area contributed by atoms with E-state index in [2.05, 4.69) is 13.8 Å². The van der Waals surface area contributed by atoms with E-state index >= 15 is 0 Å². The third-order valence-electron chi connectivity index (χ3n) is 6.79. The number of ether oxygens (including phenoxy) is 3. The van der Waals surface area contributed by atoms with Crippen LogP contribution in [0.4, 0.5) is 0 Å². The van der Waals surface area contributed by atoms with Crippen molar-refractivity contribution in [2.75, 3.05) is 0 Å². The molecule has 2 unspecified atom stereocenters. The molecule has 0 aromatic rings. The van der Waals surface area contributed by atoms with E-state index in [0.29, 0.717) is 12.8 Å². The van der Waals surface area contributed by atoms with Gasteiger partial charge in [-0.25, -0.2) is 19.2 Å². The minimum absolute atomic E-state index is 0.0659. The van der Waals surface area contributed by atoms with E-state index in [0.717, 1.165) is 77.0 Å². The summed E-state index contributed by atoms with van der Waals surface area (Å²) < 4.78 is 16.0. The third kappa shape index (κ3) is 15.7. The molecule has 240 valence electrons. The third-order valence-corrected chi connectivity index (χ3v) is 6.79. The summed E-state index contributed by atoms with van der Waals surface area (Å²) in [5.41, 5.74) is 6.41. The summed E-state index contributed by atoms with van der Waals surface area (Å²) in [4.78, 5) is 53.0. The van der Waals surface area contributed by atoms with Gasteiger partial charge in [0.1, 0.15) is 11.2 Å². The van der Waals surface area contributed by atoms with Gasteiger partial charge in [0, 0.05) is 0 Å². The number of hydrogen-bond donors (Lipinski definition) is 2. The molecule has 0 aliphatic carbocycles. The first-order chi connectivity index (χ1) is 18.9. The maximum absolute atomic E-state index is 13.4. The van der Waals surface area contributed by atoms with Crippen LogP contribution in [0, 0.1) is 0 Å². The van der Waals surface area contributed by atoms with E-state index in [1.54, 1.807) is 41.5 Å². The monoisotopic (exact) mass is 584 g/mol. The molecule has 0 saturated carbocycles. The predicted molar refractivity (Wildman–Crippen MR) is 162 cm³/mol. The molecule has 0 rings (SSSR count). The highest BCUT2D eigenvalue weighted by atomic mass is 16.6. The minimum Gasteiger partial charge on any atom is -0.458 e. The summed E-state index contributed by atoms with van der Waals surface area (Å²) in [7, 11) is 0. The van der Waals surface area contributed by atoms with Crippen LogP contribution in [-0.4, -0.2) is 46.2 Å². The molecule has 0 aromatic carbocycles. The first-order valence-corrected chi connectivity index (χ1v) is 15.7. The summed E-state index contributed by atoms with van der Waals surface area (Å²) in [6.07, 6.45) is 13.1. The van der Waals surface area contributed by atoms with Crippen LogP contribution in [0.5, 0.6) is 0 Å². The molecule has 4 N–H and O–H groups in total. The molecule has 0 bridgehead atoms. The Morgan fingerprint density at radius 1 is 0.463 bits per heavy atom. The van der Waals surface area contributed by atoms with Gasteiger partial charge in [-0.3, -0.25) is 0 Å². The number of esters is 4. The summed E-state index contributed by atoms with van der Waals surface area (Å²) in [6, 6.07) is 0. The Balaban J connectivity index is 5.72. The number of carbonyl (C=O) groups is 4. The van der Waals surface area contributed by atoms with Crippen molar-refractivity contribution < 1.29 is 33.4 Å². The second kappa shape index (κ2) is 18.5. The zero-order valence-corrected chi connectivity index (χ0v) is 27.3. The van der Waals surface area contributed by atoms with E-state index in [9.17, 15) is 19.2 Å². The van der Waals surface area contributed by atoms with Gasteiger partial charge in [-0.1, -0.05) is 104 Å². The summed E-state index contributed by atoms with van der Waals surface area (Å²) in [6.45, 7) is 14.2. The topological polar surface area (TPSA) is 148 Å². The van der Waals surface area contributed by atoms with E-state index in [1.165, 1.54) is 0 Å². The summed E-state index contributed by atoms with van der Waals surface area (Å²) in [5.74, 6) is -4.53. The summed E-state index contributed by atoms with van der Waals surface area (Å²) >= 11 is 0. The average Bonchev–Trinajstić information content (AvgIpc) is 2.85. The first-order valence-electron chi connectivity index (χ1n) is 15.7. The Morgan fingerprint density at radius 3 is 1.00 bits per heavy atom. The molecular weight excluding hydrogens is 524 g/mol. The highest BCUT2D eigenvalue weighted by molar-refractivity contribution is 6.12. The lowest BCUT2D eigenvalue weighted by Crippen LogP contribution is -2.62. The van der Waals surface area contributed by atoms with Crippen LogP contribution in [0.3, 0.4) is 0 Å². The van der Waals surface area contributed by atoms with Gasteiger partial charge in [0.15, 0.2) is 0 Å². The van der Waals surface area contributed by atoms with Crippen molar-refractivity contribution in [1.82, 2.24) is 0 Å². The lowest BCUT2D eigenvalue weighted by Gasteiger charge is -2.32. The van der Waals surface area contributed by atoms with Crippen molar-refractivity contribution in [3.8, 4) is 0 Å². The standard InChI is InChI=1S/C32H60N2O7/c1-9-11-13-15-17-19-21-23-31(33,27(37)40-29(3,4)5)25(35)39-26(36)32(34,28(38)41-30(6,7)8)24-22-20-18-16-14-12-10-2/h9-24,33-34H2,1-8H3. The lowest BCUT2D eigenvalue weighted by atomic mass is 9.91. The highest BCUT2D eigenvalue weighted by Crippen LogP contribution is 2.25. The second-order valence-corrected chi connectivity index (χ2v) is 13.4. The zero-order chi connectivity index (χ0) is 31.7. The van der Waals surface area contributed by atoms with Crippen LogP contribution >= 0.6 is 0 Å². The maximum Gasteiger partial charge on any atom is 0.345 e. The first kappa shape index (κ1) is 39.0. The average molecular weight is 585 g/mol. The molecule has 0 radical (unpaired) electrons. The molecule has 41 heavy (non-hydrogen) atoms. The normalized spacial score (nSPS) is 15.0. The molecule has 0 fully saturated rings. The van der Waals surface area contributed by atoms with Crippen molar-refractivity contribution in [3.05, 3.63) is 0 Å². The van der Waals surface area contributed by atoms with Crippen molar-refractivity contribution in [3.63, 3.8) is 0 Å². The maximum atomic E-state index is 13.4. The van der Waals surface area contributed by atoms with Gasteiger partial charge in [-0.15, -0.1) is 0 Å². The van der Waals surface area contributed by atoms with E-state index in [1.807, 2.05) is 0 Å². The van der Waals surface area contributed by atoms with Crippen molar-refractivity contribution >= 4 is 23.9 Å². The molecule has 2 atom stereocenters. The molecule has 0 aliphatic rings. The molecule has 9 heteroatoms. The number of carbonyl (C=O) groups excluding carboxylic acids is 4.